The van der Waals surface area contributed by atoms with Crippen LogP contribution in [0.4, 0.5) is 11.4 Å². The minimum Gasteiger partial charge on any atom is -0.493 e. The van der Waals surface area contributed by atoms with Crippen LogP contribution in [0.15, 0.2) is 47.4 Å². The SMILES string of the molecule is COc1ccc(N2CCN(S(=O)(=O)c3ccc(N)cc3)CC2)cc1OC. The summed E-state index contributed by atoms with van der Waals surface area (Å²) in [6.45, 7) is 2.04. The van der Waals surface area contributed by atoms with Crippen molar-refractivity contribution in [3.05, 3.63) is 42.5 Å². The Morgan fingerprint density at radius 1 is 0.885 bits per heavy atom. The van der Waals surface area contributed by atoms with Crippen LogP contribution in [0.5, 0.6) is 11.5 Å². The second kappa shape index (κ2) is 7.43. The van der Waals surface area contributed by atoms with Gasteiger partial charge in [0.05, 0.1) is 19.1 Å². The summed E-state index contributed by atoms with van der Waals surface area (Å²) < 4.78 is 37.6. The van der Waals surface area contributed by atoms with Crippen molar-refractivity contribution in [3.63, 3.8) is 0 Å². The molecule has 2 aromatic rings. The summed E-state index contributed by atoms with van der Waals surface area (Å²) in [5, 5.41) is 0. The Hall–Kier alpha value is -2.45. The fraction of sp³-hybridized carbons (Fsp3) is 0.333. The molecule has 0 aliphatic carbocycles. The van der Waals surface area contributed by atoms with Gasteiger partial charge in [0, 0.05) is 43.6 Å². The summed E-state index contributed by atoms with van der Waals surface area (Å²) in [7, 11) is -0.310. The van der Waals surface area contributed by atoms with Gasteiger partial charge in [0.25, 0.3) is 0 Å². The van der Waals surface area contributed by atoms with E-state index in [1.54, 1.807) is 38.5 Å². The zero-order valence-corrected chi connectivity index (χ0v) is 15.7. The summed E-state index contributed by atoms with van der Waals surface area (Å²) in [5.74, 6) is 1.32. The molecule has 0 spiro atoms. The molecule has 140 valence electrons. The average molecular weight is 377 g/mol. The largest absolute Gasteiger partial charge is 0.493 e. The van der Waals surface area contributed by atoms with Gasteiger partial charge < -0.3 is 20.1 Å². The minimum atomic E-state index is -3.50. The van der Waals surface area contributed by atoms with Gasteiger partial charge in [-0.3, -0.25) is 0 Å². The topological polar surface area (TPSA) is 85.1 Å². The van der Waals surface area contributed by atoms with E-state index in [2.05, 4.69) is 4.90 Å². The molecule has 26 heavy (non-hydrogen) atoms. The van der Waals surface area contributed by atoms with Gasteiger partial charge >= 0.3 is 0 Å². The lowest BCUT2D eigenvalue weighted by Gasteiger charge is -2.35. The Kier molecular flexibility index (Phi) is 5.24. The van der Waals surface area contributed by atoms with Crippen LogP contribution in [0, 0.1) is 0 Å². The minimum absolute atomic E-state index is 0.270. The van der Waals surface area contributed by atoms with Gasteiger partial charge in [-0.2, -0.15) is 4.31 Å². The molecule has 8 heteroatoms. The van der Waals surface area contributed by atoms with Gasteiger partial charge in [0.1, 0.15) is 0 Å². The van der Waals surface area contributed by atoms with Gasteiger partial charge in [-0.1, -0.05) is 0 Å². The summed E-state index contributed by atoms with van der Waals surface area (Å²) in [6, 6.07) is 12.0. The standard InChI is InChI=1S/C18H23N3O4S/c1-24-17-8-5-15(13-18(17)25-2)20-9-11-21(12-10-20)26(22,23)16-6-3-14(19)4-7-16/h3-8,13H,9-12,19H2,1-2H3. The third-order valence-electron chi connectivity index (χ3n) is 4.49. The van der Waals surface area contributed by atoms with Gasteiger partial charge in [-0.05, 0) is 36.4 Å². The van der Waals surface area contributed by atoms with E-state index < -0.39 is 10.0 Å². The van der Waals surface area contributed by atoms with E-state index >= 15 is 0 Å². The van der Waals surface area contributed by atoms with Gasteiger partial charge in [0.15, 0.2) is 11.5 Å². The molecule has 2 N–H and O–H groups in total. The van der Waals surface area contributed by atoms with E-state index in [1.165, 1.54) is 4.31 Å². The summed E-state index contributed by atoms with van der Waals surface area (Å²) >= 11 is 0. The zero-order valence-electron chi connectivity index (χ0n) is 14.9. The number of hydrogen-bond donors (Lipinski definition) is 1. The number of anilines is 2. The number of methoxy groups -OCH3 is 2. The first kappa shape index (κ1) is 18.3. The summed E-state index contributed by atoms with van der Waals surface area (Å²) in [5.41, 5.74) is 7.16. The van der Waals surface area contributed by atoms with Crippen LogP contribution in [0.2, 0.25) is 0 Å². The van der Waals surface area contributed by atoms with Crippen molar-refractivity contribution in [2.45, 2.75) is 4.90 Å². The highest BCUT2D eigenvalue weighted by Gasteiger charge is 2.28. The molecule has 1 saturated heterocycles. The quantitative estimate of drug-likeness (QED) is 0.800. The van der Waals surface area contributed by atoms with Crippen LogP contribution in [0.25, 0.3) is 0 Å². The first-order valence-corrected chi connectivity index (χ1v) is 9.72. The Morgan fingerprint density at radius 2 is 1.50 bits per heavy atom. The number of nitrogens with zero attached hydrogens (tertiary/aromatic N) is 2. The van der Waals surface area contributed by atoms with Crippen LogP contribution >= 0.6 is 0 Å². The second-order valence-electron chi connectivity index (χ2n) is 6.00. The zero-order chi connectivity index (χ0) is 18.7. The van der Waals surface area contributed by atoms with Gasteiger partial charge in [-0.15, -0.1) is 0 Å². The van der Waals surface area contributed by atoms with Crippen LogP contribution in [0.3, 0.4) is 0 Å². The Labute approximate surface area is 154 Å². The molecule has 3 rings (SSSR count). The molecule has 2 aromatic carbocycles. The lowest BCUT2D eigenvalue weighted by molar-refractivity contribution is 0.354. The van der Waals surface area contributed by atoms with Crippen LogP contribution in [0.1, 0.15) is 0 Å². The number of piperazine rings is 1. The number of nitrogen functional groups attached to an aromatic ring is 1. The predicted molar refractivity (Wildman–Crippen MR) is 101 cm³/mol. The predicted octanol–water partition coefficient (Wildman–Crippen LogP) is 1.80. The van der Waals surface area contributed by atoms with Crippen molar-refractivity contribution in [2.75, 3.05) is 51.0 Å². The fourth-order valence-corrected chi connectivity index (χ4v) is 4.42. The third-order valence-corrected chi connectivity index (χ3v) is 6.40. The van der Waals surface area contributed by atoms with E-state index in [4.69, 9.17) is 15.2 Å². The van der Waals surface area contributed by atoms with Crippen molar-refractivity contribution < 1.29 is 17.9 Å². The highest BCUT2D eigenvalue weighted by molar-refractivity contribution is 7.89. The number of ether oxygens (including phenoxy) is 2. The van der Waals surface area contributed by atoms with Crippen molar-refractivity contribution in [1.82, 2.24) is 4.31 Å². The normalized spacial score (nSPS) is 15.7. The summed E-state index contributed by atoms with van der Waals surface area (Å²) in [4.78, 5) is 2.41. The molecule has 1 aliphatic rings. The van der Waals surface area contributed by atoms with Crippen molar-refractivity contribution in [1.29, 1.82) is 0 Å². The van der Waals surface area contributed by atoms with E-state index in [0.717, 1.165) is 5.69 Å². The number of benzene rings is 2. The van der Waals surface area contributed by atoms with Gasteiger partial charge in [-0.25, -0.2) is 8.42 Å². The molecule has 0 amide bonds. The van der Waals surface area contributed by atoms with E-state index in [1.807, 2.05) is 18.2 Å². The Morgan fingerprint density at radius 3 is 2.08 bits per heavy atom. The first-order valence-electron chi connectivity index (χ1n) is 8.28. The van der Waals surface area contributed by atoms with E-state index in [0.29, 0.717) is 43.4 Å². The molecule has 0 unspecified atom stereocenters. The lowest BCUT2D eigenvalue weighted by atomic mass is 10.2. The molecule has 0 bridgehead atoms. The van der Waals surface area contributed by atoms with Crippen molar-refractivity contribution in [3.8, 4) is 11.5 Å². The Balaban J connectivity index is 1.72. The molecule has 1 aliphatic heterocycles. The molecule has 0 radical (unpaired) electrons. The Bertz CT molecular complexity index is 861. The molecule has 7 nitrogen and oxygen atoms in total. The third kappa shape index (κ3) is 3.56. The van der Waals surface area contributed by atoms with Crippen LogP contribution < -0.4 is 20.1 Å². The fourth-order valence-electron chi connectivity index (χ4n) is 3.00. The van der Waals surface area contributed by atoms with E-state index in [-0.39, 0.29) is 4.90 Å². The number of hydrogen-bond acceptors (Lipinski definition) is 6. The van der Waals surface area contributed by atoms with Crippen LogP contribution in [-0.2, 0) is 10.0 Å². The molecular weight excluding hydrogens is 354 g/mol. The molecule has 0 aromatic heterocycles. The number of nitrogens with two attached hydrogens (primary N) is 1. The van der Waals surface area contributed by atoms with Crippen LogP contribution in [-0.4, -0.2) is 53.1 Å². The number of rotatable bonds is 5. The molecule has 0 saturated carbocycles. The highest BCUT2D eigenvalue weighted by Crippen LogP contribution is 2.32. The second-order valence-corrected chi connectivity index (χ2v) is 7.94. The molecular formula is C18H23N3O4S. The molecule has 1 heterocycles. The maximum absolute atomic E-state index is 12.8. The average Bonchev–Trinajstić information content (AvgIpc) is 2.68. The highest BCUT2D eigenvalue weighted by atomic mass is 32.2. The molecule has 1 fully saturated rings. The lowest BCUT2D eigenvalue weighted by Crippen LogP contribution is -2.48. The smallest absolute Gasteiger partial charge is 0.243 e. The monoisotopic (exact) mass is 377 g/mol. The van der Waals surface area contributed by atoms with Crippen molar-refractivity contribution >= 4 is 21.4 Å². The van der Waals surface area contributed by atoms with Gasteiger partial charge in [0.2, 0.25) is 10.0 Å². The molecule has 0 atom stereocenters. The maximum atomic E-state index is 12.8. The summed E-state index contributed by atoms with van der Waals surface area (Å²) in [6.07, 6.45) is 0. The number of sulfonamides is 1. The van der Waals surface area contributed by atoms with Crippen molar-refractivity contribution in [2.24, 2.45) is 0 Å². The maximum Gasteiger partial charge on any atom is 0.243 e. The first-order chi connectivity index (χ1) is 12.5. The van der Waals surface area contributed by atoms with E-state index in [9.17, 15) is 8.42 Å².